The molecule has 4 unspecified atom stereocenters. The summed E-state index contributed by atoms with van der Waals surface area (Å²) in [6.07, 6.45) is -5.42. The lowest BCUT2D eigenvalue weighted by Gasteiger charge is -2.37. The summed E-state index contributed by atoms with van der Waals surface area (Å²) in [6, 6.07) is 24.1. The Bertz CT molecular complexity index is 7240. The molecule has 40 heteroatoms. The summed E-state index contributed by atoms with van der Waals surface area (Å²) in [5, 5.41) is 45.5. The number of rotatable bonds is 19. The predicted molar refractivity (Wildman–Crippen MR) is 471 cm³/mol. The number of H-pyrrole nitrogens is 2. The van der Waals surface area contributed by atoms with E-state index in [2.05, 4.69) is 83.9 Å². The lowest BCUT2D eigenvalue weighted by molar-refractivity contribution is -0.139. The van der Waals surface area contributed by atoms with Gasteiger partial charge in [0.25, 0.3) is 40.3 Å². The monoisotopic (exact) mass is 1990 g/mol. The molecule has 2 fully saturated rings. The second kappa shape index (κ2) is 33.1. The Morgan fingerprint density at radius 1 is 0.496 bits per heavy atom. The second-order valence-corrected chi connectivity index (χ2v) is 37.7. The molecule has 12 heterocycles. The highest BCUT2D eigenvalue weighted by atomic mass is 79.9. The van der Waals surface area contributed by atoms with Crippen LogP contribution in [-0.2, 0) is 89.7 Å². The maximum absolute atomic E-state index is 15.8. The molecule has 2 aliphatic carbocycles. The van der Waals surface area contributed by atoms with Crippen LogP contribution in [0, 0.1) is 36.5 Å². The third-order valence-electron chi connectivity index (χ3n) is 26.4. The quantitative estimate of drug-likeness (QED) is 0.0634. The van der Waals surface area contributed by atoms with Gasteiger partial charge in [0.2, 0.25) is 0 Å². The first-order chi connectivity index (χ1) is 62.4. The van der Waals surface area contributed by atoms with Crippen LogP contribution in [0.5, 0.6) is 0 Å². The van der Waals surface area contributed by atoms with Gasteiger partial charge in [-0.1, -0.05) is 96.3 Å². The first-order valence-corrected chi connectivity index (χ1v) is 45.0. The van der Waals surface area contributed by atoms with E-state index in [0.29, 0.717) is 140 Å². The zero-order valence-corrected chi connectivity index (χ0v) is 75.8. The van der Waals surface area contributed by atoms with Gasteiger partial charge in [-0.15, -0.1) is 10.2 Å². The van der Waals surface area contributed by atoms with E-state index in [1.807, 2.05) is 57.2 Å². The zero-order valence-electron chi connectivity index (χ0n) is 71.1. The number of hydrogen-bond donors (Lipinski definition) is 3. The van der Waals surface area contributed by atoms with Gasteiger partial charge in [0, 0.05) is 112 Å². The fourth-order valence-electron chi connectivity index (χ4n) is 19.3. The third-order valence-corrected chi connectivity index (χ3v) is 28.5. The van der Waals surface area contributed by atoms with Gasteiger partial charge in [-0.2, -0.15) is 59.9 Å². The van der Waals surface area contributed by atoms with Crippen LogP contribution in [0.3, 0.4) is 0 Å². The first kappa shape index (κ1) is 87.8. The number of benzene rings is 5. The van der Waals surface area contributed by atoms with Crippen molar-refractivity contribution in [2.75, 3.05) is 7.05 Å². The molecule has 3 N–H and O–H groups in total. The van der Waals surface area contributed by atoms with Gasteiger partial charge in [0.1, 0.15) is 22.6 Å². The number of aryl methyl sites for hydroxylation is 1. The fraction of sp³-hybridized carbons (Fsp3) is 0.352. The van der Waals surface area contributed by atoms with Crippen LogP contribution in [0.4, 0.5) is 39.5 Å². The van der Waals surface area contributed by atoms with E-state index in [4.69, 9.17) is 20.4 Å². The van der Waals surface area contributed by atoms with E-state index in [0.717, 1.165) is 35.7 Å². The minimum Gasteiger partial charge on any atom is -0.354 e. The van der Waals surface area contributed by atoms with Crippen molar-refractivity contribution in [1.82, 2.24) is 103 Å². The maximum atomic E-state index is 15.8. The Morgan fingerprint density at radius 2 is 0.893 bits per heavy atom. The number of carbonyl (C=O) groups is 4. The van der Waals surface area contributed by atoms with Gasteiger partial charge < -0.3 is 20.0 Å². The predicted octanol–water partition coefficient (Wildman–Crippen LogP) is 15.5. The molecule has 5 aliphatic rings. The Kier molecular flexibility index (Phi) is 22.2. The number of hydrogen-bond acceptors (Lipinski definition) is 15. The minimum absolute atomic E-state index is 0.000348. The molecule has 0 radical (unpaired) electrons. The number of alkyl halides is 9. The summed E-state index contributed by atoms with van der Waals surface area (Å²) in [7, 11) is 1.47. The maximum Gasteiger partial charge on any atom is 0.417 e. The number of fused-ring (bicyclic) bond motifs is 9. The third kappa shape index (κ3) is 15.7. The average Bonchev–Trinajstić information content (AvgIpc) is 1.62. The molecule has 9 aromatic heterocycles. The van der Waals surface area contributed by atoms with Crippen molar-refractivity contribution in [1.29, 1.82) is 0 Å². The second-order valence-electron chi connectivity index (χ2n) is 35.2. The van der Waals surface area contributed by atoms with E-state index in [1.165, 1.54) is 68.8 Å². The van der Waals surface area contributed by atoms with Crippen molar-refractivity contribution < 1.29 is 58.7 Å². The molecule has 14 aromatic rings. The number of aromatic amines is 2. The topological polar surface area (TPSA) is 309 Å². The van der Waals surface area contributed by atoms with Crippen LogP contribution < -0.4 is 22.0 Å². The number of halogens is 12. The Labute approximate surface area is 763 Å². The molecular weight excluding hydrogens is 1910 g/mol. The fourth-order valence-corrected chi connectivity index (χ4v) is 20.8. The highest BCUT2D eigenvalue weighted by molar-refractivity contribution is 9.11. The van der Waals surface area contributed by atoms with E-state index in [1.54, 1.807) is 78.9 Å². The molecule has 19 rings (SSSR count). The summed E-state index contributed by atoms with van der Waals surface area (Å²) in [6.45, 7) is 10.7. The van der Waals surface area contributed by atoms with Crippen LogP contribution >= 0.6 is 47.8 Å². The molecule has 131 heavy (non-hydrogen) atoms. The molecule has 0 saturated heterocycles. The van der Waals surface area contributed by atoms with Crippen molar-refractivity contribution >= 4 is 88.4 Å². The van der Waals surface area contributed by atoms with Crippen molar-refractivity contribution in [3.63, 3.8) is 0 Å². The summed E-state index contributed by atoms with van der Waals surface area (Å²) in [4.78, 5) is 108. The summed E-state index contributed by atoms with van der Waals surface area (Å²) < 4.78 is 139. The largest absolute Gasteiger partial charge is 0.417 e. The summed E-state index contributed by atoms with van der Waals surface area (Å²) >= 11 is 8.96. The standard InChI is InChI=1S/C91H81Br3F9N21O7/c1-43(2)24-57-36-105-124-75-42-117(85(128)53-16-23-70(94)67(33-53)91(101,102)103)46(5)27-64(75)88(131)121(82(57)124)76-35-72(79(125)104-7)118(112-76)39-54-9-8-50(54)28-58-37-106-122-73-40-115(83(126)51-14-21-68(92)65(31-51)89(95,96)97)44(3)25-62(73)86(129)119(80(58)122)61-19-12-49(13-20-61)78-71(109-114-111-78)34-56-29-55(56)30-59-38-107-123-74-41-116(84(127)52-15-22-69(93)66(32-52)90(98,99)100)45(4)26-63(74)87(130)120(81(59)123)60-17-10-48(11-18-60)77-47(6)108-113-110-77/h10-23,31-33,35-38,43-46,50,54-56H,8-9,24-30,34,39-42H2,1-7H3,(H,104,125)(H,108,110,113)(H,109,111,114)/t44-,45-,46-,50?,54?,55?,56?/m0/s1. The van der Waals surface area contributed by atoms with Crippen molar-refractivity contribution in [2.45, 2.75) is 169 Å². The number of amides is 4. The highest BCUT2D eigenvalue weighted by Crippen LogP contribution is 2.47. The average molecular weight is 1990 g/mol. The number of carbonyl (C=O) groups excluding carboxylic acids is 4. The van der Waals surface area contributed by atoms with E-state index >= 15 is 14.4 Å². The molecule has 4 amide bonds. The van der Waals surface area contributed by atoms with E-state index in [9.17, 15) is 58.7 Å². The Hall–Kier alpha value is -12.5. The number of nitrogens with zero attached hydrogens (tertiary/aromatic N) is 18. The molecular formula is C91H81Br3F9N21O7. The zero-order chi connectivity index (χ0) is 92.4. The smallest absolute Gasteiger partial charge is 0.354 e. The van der Waals surface area contributed by atoms with Gasteiger partial charge in [0.05, 0.1) is 106 Å². The molecule has 3 aliphatic heterocycles. The SMILES string of the molecule is CNC(=O)c1cc(-n2c(=O)c3c(n4ncc(CC(C)C)c24)CN(C(=O)c2ccc(Br)c(C(F)(F)F)c2)[C@@H](C)C3)nn1CC1CCC1Cc1cnn2c3c(c(=O)n(-c4ccc(-c5[nH]nnc5CC5CC5Cc5cnn6c7c(c(=O)n(-c8ccc(-c9[nH]nnc9C)cc8)c56)C[C@H](C)N(C(=O)c5ccc(Br)c(C(F)(F)F)c5)C7)cc4)c12)C[C@H](C)N(C(=O)c1ccc(Br)c(C(F)(F)F)c1)C3. The first-order valence-electron chi connectivity index (χ1n) is 42.6. The van der Waals surface area contributed by atoms with Gasteiger partial charge in [-0.3, -0.25) is 57.6 Å². The minimum atomic E-state index is -4.79. The molecule has 2 saturated carbocycles. The van der Waals surface area contributed by atoms with E-state index < -0.39 is 88.1 Å². The van der Waals surface area contributed by atoms with Crippen molar-refractivity contribution in [3.8, 4) is 39.7 Å². The molecule has 0 bridgehead atoms. The van der Waals surface area contributed by atoms with Gasteiger partial charge in [0.15, 0.2) is 5.82 Å². The Balaban J connectivity index is 0.625. The van der Waals surface area contributed by atoms with Gasteiger partial charge in [-0.05, 0) is 200 Å². The summed E-state index contributed by atoms with van der Waals surface area (Å²) in [5.74, 6) is -2.57. The van der Waals surface area contributed by atoms with Crippen LogP contribution in [0.1, 0.15) is 174 Å². The molecule has 7 atom stereocenters. The molecule has 676 valence electrons. The van der Waals surface area contributed by atoms with Crippen molar-refractivity contribution in [3.05, 3.63) is 273 Å². The van der Waals surface area contributed by atoms with Crippen LogP contribution in [0.15, 0.2) is 156 Å². The van der Waals surface area contributed by atoms with Crippen LogP contribution in [0.25, 0.3) is 56.6 Å². The van der Waals surface area contributed by atoms with Gasteiger partial charge >= 0.3 is 18.5 Å². The molecule has 28 nitrogen and oxygen atoms in total. The Morgan fingerprint density at radius 3 is 1.31 bits per heavy atom. The number of nitrogens with one attached hydrogen (secondary N) is 3. The van der Waals surface area contributed by atoms with Crippen LogP contribution in [-0.4, -0.2) is 147 Å². The lowest BCUT2D eigenvalue weighted by Crippen LogP contribution is -2.46. The highest BCUT2D eigenvalue weighted by Gasteiger charge is 2.45. The molecule has 5 aromatic carbocycles. The normalized spacial score (nSPS) is 18.7. The summed E-state index contributed by atoms with van der Waals surface area (Å²) in [5.41, 5.74) is 5.62. The van der Waals surface area contributed by atoms with Crippen LogP contribution in [0.2, 0.25) is 0 Å². The van der Waals surface area contributed by atoms with E-state index in [-0.39, 0.29) is 122 Å². The molecule has 0 spiro atoms. The lowest BCUT2D eigenvalue weighted by atomic mass is 9.71. The van der Waals surface area contributed by atoms with Gasteiger partial charge in [-0.25, -0.2) is 18.1 Å². The number of aromatic nitrogens is 17. The van der Waals surface area contributed by atoms with Crippen molar-refractivity contribution in [2.24, 2.45) is 29.6 Å².